The highest BCUT2D eigenvalue weighted by molar-refractivity contribution is 7.17. The lowest BCUT2D eigenvalue weighted by Crippen LogP contribution is -2.25. The second-order valence-corrected chi connectivity index (χ2v) is 6.14. The molecule has 0 atom stereocenters. The van der Waals surface area contributed by atoms with Crippen LogP contribution in [-0.4, -0.2) is 29.3 Å². The topological polar surface area (TPSA) is 105 Å². The molecule has 0 saturated carbocycles. The van der Waals surface area contributed by atoms with Crippen molar-refractivity contribution in [3.05, 3.63) is 40.4 Å². The number of carbonyl (C=O) groups excluding carboxylic acids is 3. The van der Waals surface area contributed by atoms with Crippen LogP contribution in [0.5, 0.6) is 0 Å². The first-order chi connectivity index (χ1) is 11.0. The van der Waals surface area contributed by atoms with Gasteiger partial charge in [0, 0.05) is 24.7 Å². The number of nitrogens with two attached hydrogens (primary N) is 1. The van der Waals surface area contributed by atoms with Crippen molar-refractivity contribution in [2.24, 2.45) is 5.73 Å². The first-order valence-electron chi connectivity index (χ1n) is 6.93. The fourth-order valence-corrected chi connectivity index (χ4v) is 3.15. The number of rotatable bonds is 3. The maximum atomic E-state index is 12.3. The monoisotopic (exact) mass is 330 g/mol. The van der Waals surface area contributed by atoms with Crippen LogP contribution in [0.25, 0.3) is 0 Å². The Labute approximate surface area is 136 Å². The number of hydrogen-bond acceptors (Lipinski definition) is 5. The lowest BCUT2D eigenvalue weighted by atomic mass is 10.1. The van der Waals surface area contributed by atoms with E-state index in [1.807, 2.05) is 0 Å². The van der Waals surface area contributed by atoms with Crippen molar-refractivity contribution in [3.63, 3.8) is 0 Å². The summed E-state index contributed by atoms with van der Waals surface area (Å²) in [6.45, 7) is 2.15. The minimum absolute atomic E-state index is 0.0114. The minimum Gasteiger partial charge on any atom is -0.365 e. The molecule has 3 N–H and O–H groups in total. The number of nitrogens with zero attached hydrogens (tertiary/aromatic N) is 2. The maximum absolute atomic E-state index is 12.3. The van der Waals surface area contributed by atoms with Gasteiger partial charge in [0.25, 0.3) is 11.8 Å². The van der Waals surface area contributed by atoms with E-state index in [0.29, 0.717) is 17.2 Å². The van der Waals surface area contributed by atoms with E-state index in [4.69, 9.17) is 5.73 Å². The number of carbonyl (C=O) groups is 3. The number of hydrogen-bond donors (Lipinski definition) is 2. The summed E-state index contributed by atoms with van der Waals surface area (Å²) in [5, 5.41) is 2.95. The number of aromatic nitrogens is 1. The Morgan fingerprint density at radius 1 is 1.35 bits per heavy atom. The van der Waals surface area contributed by atoms with Crippen LogP contribution < -0.4 is 16.0 Å². The van der Waals surface area contributed by atoms with Crippen LogP contribution in [0.3, 0.4) is 0 Å². The molecular weight excluding hydrogens is 316 g/mol. The van der Waals surface area contributed by atoms with Crippen LogP contribution in [0.4, 0.5) is 10.8 Å². The molecule has 23 heavy (non-hydrogen) atoms. The van der Waals surface area contributed by atoms with E-state index in [2.05, 4.69) is 10.3 Å². The molecule has 1 aliphatic heterocycles. The van der Waals surface area contributed by atoms with Gasteiger partial charge < -0.3 is 10.6 Å². The highest BCUT2D eigenvalue weighted by Gasteiger charge is 2.23. The zero-order valence-corrected chi connectivity index (χ0v) is 13.1. The molecule has 1 aromatic heterocycles. The largest absolute Gasteiger partial charge is 0.365 e. The van der Waals surface area contributed by atoms with Crippen molar-refractivity contribution >= 4 is 39.9 Å². The normalized spacial score (nSPS) is 12.8. The Morgan fingerprint density at radius 2 is 2.13 bits per heavy atom. The van der Waals surface area contributed by atoms with E-state index in [9.17, 15) is 14.4 Å². The molecule has 1 aliphatic rings. The third-order valence-electron chi connectivity index (χ3n) is 3.59. The van der Waals surface area contributed by atoms with Gasteiger partial charge in [-0.2, -0.15) is 0 Å². The molecule has 1 aromatic carbocycles. The molecule has 2 aromatic rings. The van der Waals surface area contributed by atoms with Gasteiger partial charge in [-0.15, -0.1) is 0 Å². The van der Waals surface area contributed by atoms with Crippen LogP contribution in [0.2, 0.25) is 0 Å². The Balaban J connectivity index is 1.78. The lowest BCUT2D eigenvalue weighted by molar-refractivity contribution is -0.116. The molecule has 0 fully saturated rings. The van der Waals surface area contributed by atoms with Crippen molar-refractivity contribution in [3.8, 4) is 0 Å². The van der Waals surface area contributed by atoms with Gasteiger partial charge in [0.1, 0.15) is 4.88 Å². The van der Waals surface area contributed by atoms with Gasteiger partial charge in [-0.1, -0.05) is 11.3 Å². The summed E-state index contributed by atoms with van der Waals surface area (Å²) < 4.78 is 0. The van der Waals surface area contributed by atoms with Crippen LogP contribution in [0.15, 0.2) is 24.4 Å². The molecule has 0 bridgehead atoms. The SMILES string of the molecule is CC(=O)N1CCc2cc(C(=O)Nc3ncc(C(N)=O)s3)ccc21. The van der Waals surface area contributed by atoms with Gasteiger partial charge in [-0.25, -0.2) is 4.98 Å². The summed E-state index contributed by atoms with van der Waals surface area (Å²) in [6, 6.07) is 5.21. The molecule has 3 amide bonds. The highest BCUT2D eigenvalue weighted by Crippen LogP contribution is 2.29. The fourth-order valence-electron chi connectivity index (χ4n) is 2.49. The van der Waals surface area contributed by atoms with Crippen LogP contribution in [-0.2, 0) is 11.2 Å². The molecule has 0 saturated heterocycles. The second-order valence-electron chi connectivity index (χ2n) is 5.11. The average molecular weight is 330 g/mol. The van der Waals surface area contributed by atoms with E-state index in [1.54, 1.807) is 23.1 Å². The summed E-state index contributed by atoms with van der Waals surface area (Å²) in [4.78, 5) is 40.7. The standard InChI is InChI=1S/C15H14N4O3S/c1-8(20)19-5-4-9-6-10(2-3-11(9)19)14(22)18-15-17-7-12(23-15)13(16)21/h2-3,6-7H,4-5H2,1H3,(H2,16,21)(H,17,18,22). The van der Waals surface area contributed by atoms with E-state index >= 15 is 0 Å². The molecule has 118 valence electrons. The van der Waals surface area contributed by atoms with Crippen molar-refractivity contribution in [2.45, 2.75) is 13.3 Å². The van der Waals surface area contributed by atoms with Gasteiger partial charge >= 0.3 is 0 Å². The fraction of sp³-hybridized carbons (Fsp3) is 0.200. The van der Waals surface area contributed by atoms with Crippen molar-refractivity contribution < 1.29 is 14.4 Å². The van der Waals surface area contributed by atoms with E-state index in [1.165, 1.54) is 13.1 Å². The predicted molar refractivity (Wildman–Crippen MR) is 86.8 cm³/mol. The Kier molecular flexibility index (Phi) is 3.83. The number of nitrogens with one attached hydrogen (secondary N) is 1. The summed E-state index contributed by atoms with van der Waals surface area (Å²) in [7, 11) is 0. The third-order valence-corrected chi connectivity index (χ3v) is 4.51. The van der Waals surface area contributed by atoms with Crippen molar-refractivity contribution in [1.29, 1.82) is 0 Å². The van der Waals surface area contributed by atoms with Gasteiger partial charge in [0.15, 0.2) is 5.13 Å². The van der Waals surface area contributed by atoms with Gasteiger partial charge in [0.2, 0.25) is 5.91 Å². The number of fused-ring (bicyclic) bond motifs is 1. The zero-order valence-electron chi connectivity index (χ0n) is 12.3. The smallest absolute Gasteiger partial charge is 0.260 e. The predicted octanol–water partition coefficient (Wildman–Crippen LogP) is 1.40. The molecule has 2 heterocycles. The average Bonchev–Trinajstić information content (AvgIpc) is 3.12. The molecule has 8 heteroatoms. The summed E-state index contributed by atoms with van der Waals surface area (Å²) >= 11 is 1.02. The van der Waals surface area contributed by atoms with Gasteiger partial charge in [-0.3, -0.25) is 19.7 Å². The Hall–Kier alpha value is -2.74. The minimum atomic E-state index is -0.579. The van der Waals surface area contributed by atoms with Crippen LogP contribution in [0.1, 0.15) is 32.5 Å². The number of amides is 3. The first kappa shape index (κ1) is 15.2. The Morgan fingerprint density at radius 3 is 2.78 bits per heavy atom. The van der Waals surface area contributed by atoms with E-state index in [-0.39, 0.29) is 16.7 Å². The molecule has 0 unspecified atom stereocenters. The summed E-state index contributed by atoms with van der Waals surface area (Å²) in [5.74, 6) is -0.910. The van der Waals surface area contributed by atoms with E-state index in [0.717, 1.165) is 29.0 Å². The van der Waals surface area contributed by atoms with Crippen LogP contribution in [0, 0.1) is 0 Å². The molecule has 0 radical (unpaired) electrons. The summed E-state index contributed by atoms with van der Waals surface area (Å²) in [6.07, 6.45) is 2.05. The number of primary amides is 1. The van der Waals surface area contributed by atoms with E-state index < -0.39 is 5.91 Å². The van der Waals surface area contributed by atoms with Crippen molar-refractivity contribution in [1.82, 2.24) is 4.98 Å². The summed E-state index contributed by atoms with van der Waals surface area (Å²) in [5.41, 5.74) is 7.44. The van der Waals surface area contributed by atoms with Gasteiger partial charge in [-0.05, 0) is 30.2 Å². The quantitative estimate of drug-likeness (QED) is 0.887. The lowest BCUT2D eigenvalue weighted by Gasteiger charge is -2.14. The number of thiazole rings is 1. The second kappa shape index (κ2) is 5.81. The highest BCUT2D eigenvalue weighted by atomic mass is 32.1. The number of benzene rings is 1. The first-order valence-corrected chi connectivity index (χ1v) is 7.75. The molecule has 7 nitrogen and oxygen atoms in total. The van der Waals surface area contributed by atoms with Crippen LogP contribution >= 0.6 is 11.3 Å². The van der Waals surface area contributed by atoms with Gasteiger partial charge in [0.05, 0.1) is 6.20 Å². The number of anilines is 2. The zero-order chi connectivity index (χ0) is 16.6. The Bertz CT molecular complexity index is 815. The van der Waals surface area contributed by atoms with Crippen molar-refractivity contribution in [2.75, 3.05) is 16.8 Å². The third kappa shape index (κ3) is 2.93. The molecule has 0 aliphatic carbocycles. The molecule has 3 rings (SSSR count). The maximum Gasteiger partial charge on any atom is 0.260 e. The molecule has 0 spiro atoms. The molecular formula is C15H14N4O3S.